The molecule has 0 aliphatic heterocycles. The normalized spacial score (nSPS) is 12.9. The first-order valence-corrected chi connectivity index (χ1v) is 4.05. The van der Waals surface area contributed by atoms with Gasteiger partial charge in [0.25, 0.3) is 0 Å². The molecule has 0 aliphatic rings. The summed E-state index contributed by atoms with van der Waals surface area (Å²) in [6, 6.07) is 3.56. The van der Waals surface area contributed by atoms with Gasteiger partial charge in [-0.05, 0) is 12.1 Å². The van der Waals surface area contributed by atoms with Crippen LogP contribution in [0.1, 0.15) is 11.7 Å². The van der Waals surface area contributed by atoms with Gasteiger partial charge in [0.05, 0.1) is 12.2 Å². The first-order chi connectivity index (χ1) is 4.88. The molecule has 2 nitrogen and oxygen atoms in total. The van der Waals surface area contributed by atoms with E-state index in [-0.39, 0.29) is 5.92 Å². The van der Waals surface area contributed by atoms with Crippen LogP contribution in [0.15, 0.2) is 22.8 Å². The SMILES string of the molecule is O=CC(CBr)c1ccco1. The Labute approximate surface area is 67.3 Å². The highest BCUT2D eigenvalue weighted by Gasteiger charge is 2.09. The highest BCUT2D eigenvalue weighted by atomic mass is 79.9. The Hall–Kier alpha value is -0.570. The van der Waals surface area contributed by atoms with Crippen molar-refractivity contribution in [3.8, 4) is 0 Å². The van der Waals surface area contributed by atoms with Crippen molar-refractivity contribution in [3.05, 3.63) is 24.2 Å². The molecule has 10 heavy (non-hydrogen) atoms. The smallest absolute Gasteiger partial charge is 0.131 e. The minimum absolute atomic E-state index is 0.144. The summed E-state index contributed by atoms with van der Waals surface area (Å²) in [4.78, 5) is 10.3. The molecule has 54 valence electrons. The van der Waals surface area contributed by atoms with E-state index in [1.54, 1.807) is 18.4 Å². The molecule has 0 fully saturated rings. The lowest BCUT2D eigenvalue weighted by Gasteiger charge is -1.98. The highest BCUT2D eigenvalue weighted by Crippen LogP contribution is 2.15. The van der Waals surface area contributed by atoms with E-state index in [2.05, 4.69) is 15.9 Å². The lowest BCUT2D eigenvalue weighted by Crippen LogP contribution is -1.98. The van der Waals surface area contributed by atoms with E-state index in [0.717, 1.165) is 6.29 Å². The van der Waals surface area contributed by atoms with Gasteiger partial charge in [0, 0.05) is 5.33 Å². The number of alkyl halides is 1. The van der Waals surface area contributed by atoms with Crippen LogP contribution in [-0.4, -0.2) is 11.6 Å². The van der Waals surface area contributed by atoms with Crippen LogP contribution in [0.4, 0.5) is 0 Å². The first-order valence-electron chi connectivity index (χ1n) is 2.93. The van der Waals surface area contributed by atoms with Gasteiger partial charge >= 0.3 is 0 Å². The Balaban J connectivity index is 2.73. The van der Waals surface area contributed by atoms with Crippen LogP contribution in [0.2, 0.25) is 0 Å². The molecule has 3 heteroatoms. The molecule has 0 amide bonds. The molecule has 0 spiro atoms. The third kappa shape index (κ3) is 1.48. The Morgan fingerprint density at radius 3 is 3.00 bits per heavy atom. The number of carbonyl (C=O) groups excluding carboxylic acids is 1. The van der Waals surface area contributed by atoms with Crippen LogP contribution in [0.3, 0.4) is 0 Å². The fourth-order valence-electron chi connectivity index (χ4n) is 0.682. The van der Waals surface area contributed by atoms with E-state index < -0.39 is 0 Å². The minimum Gasteiger partial charge on any atom is -0.469 e. The fraction of sp³-hybridized carbons (Fsp3) is 0.286. The summed E-state index contributed by atoms with van der Waals surface area (Å²) in [5.41, 5.74) is 0. The molecule has 0 aromatic carbocycles. The van der Waals surface area contributed by atoms with Gasteiger partial charge in [0.2, 0.25) is 0 Å². The van der Waals surface area contributed by atoms with Crippen molar-refractivity contribution in [3.63, 3.8) is 0 Å². The molecule has 0 saturated heterocycles. The van der Waals surface area contributed by atoms with Gasteiger partial charge in [-0.3, -0.25) is 0 Å². The van der Waals surface area contributed by atoms with Crippen molar-refractivity contribution in [1.29, 1.82) is 0 Å². The van der Waals surface area contributed by atoms with Gasteiger partial charge in [-0.15, -0.1) is 0 Å². The molecule has 1 rings (SSSR count). The molecule has 1 aromatic rings. The summed E-state index contributed by atoms with van der Waals surface area (Å²) < 4.78 is 5.02. The van der Waals surface area contributed by atoms with Crippen molar-refractivity contribution in [2.24, 2.45) is 0 Å². The number of halogens is 1. The molecule has 0 aliphatic carbocycles. The quantitative estimate of drug-likeness (QED) is 0.555. The van der Waals surface area contributed by atoms with E-state index >= 15 is 0 Å². The third-order valence-corrected chi connectivity index (χ3v) is 1.94. The predicted molar refractivity (Wildman–Crippen MR) is 41.3 cm³/mol. The zero-order chi connectivity index (χ0) is 7.40. The van der Waals surface area contributed by atoms with Gasteiger partial charge in [-0.2, -0.15) is 0 Å². The average Bonchev–Trinajstić information content (AvgIpc) is 2.43. The first kappa shape index (κ1) is 7.54. The van der Waals surface area contributed by atoms with Crippen LogP contribution >= 0.6 is 15.9 Å². The largest absolute Gasteiger partial charge is 0.469 e. The van der Waals surface area contributed by atoms with Crippen molar-refractivity contribution in [1.82, 2.24) is 0 Å². The average molecular weight is 203 g/mol. The van der Waals surface area contributed by atoms with E-state index in [9.17, 15) is 4.79 Å². The Kier molecular flexibility index (Phi) is 2.68. The summed E-state index contributed by atoms with van der Waals surface area (Å²) >= 11 is 3.21. The molecule has 0 radical (unpaired) electrons. The van der Waals surface area contributed by atoms with Crippen molar-refractivity contribution in [2.75, 3.05) is 5.33 Å². The molecule has 1 aromatic heterocycles. The van der Waals surface area contributed by atoms with E-state index in [1.165, 1.54) is 0 Å². The van der Waals surface area contributed by atoms with Crippen molar-refractivity contribution < 1.29 is 9.21 Å². The molecule has 0 saturated carbocycles. The van der Waals surface area contributed by atoms with Gasteiger partial charge in [-0.1, -0.05) is 15.9 Å². The number of rotatable bonds is 3. The van der Waals surface area contributed by atoms with Crippen LogP contribution in [0.25, 0.3) is 0 Å². The maximum absolute atomic E-state index is 10.3. The molecule has 1 atom stereocenters. The predicted octanol–water partition coefficient (Wildman–Crippen LogP) is 1.96. The fourth-order valence-corrected chi connectivity index (χ4v) is 1.15. The molecule has 0 bridgehead atoms. The Morgan fingerprint density at radius 2 is 2.60 bits per heavy atom. The summed E-state index contributed by atoms with van der Waals surface area (Å²) in [5, 5.41) is 0.615. The Morgan fingerprint density at radius 1 is 1.80 bits per heavy atom. The summed E-state index contributed by atoms with van der Waals surface area (Å²) in [7, 11) is 0. The lowest BCUT2D eigenvalue weighted by atomic mass is 10.1. The Bertz CT molecular complexity index is 193. The van der Waals surface area contributed by atoms with Gasteiger partial charge in [-0.25, -0.2) is 0 Å². The second-order valence-corrected chi connectivity index (χ2v) is 2.56. The number of aldehydes is 1. The minimum atomic E-state index is -0.144. The number of carbonyl (C=O) groups is 1. The zero-order valence-electron chi connectivity index (χ0n) is 5.29. The van der Waals surface area contributed by atoms with Crippen LogP contribution in [0, 0.1) is 0 Å². The standard InChI is InChI=1S/C7H7BrO2/c8-4-6(5-9)7-2-1-3-10-7/h1-3,5-6H,4H2. The molecule has 1 heterocycles. The highest BCUT2D eigenvalue weighted by molar-refractivity contribution is 9.09. The summed E-state index contributed by atoms with van der Waals surface area (Å²) in [6.07, 6.45) is 2.43. The van der Waals surface area contributed by atoms with Crippen LogP contribution in [0.5, 0.6) is 0 Å². The third-order valence-electron chi connectivity index (χ3n) is 1.24. The van der Waals surface area contributed by atoms with Crippen molar-refractivity contribution in [2.45, 2.75) is 5.92 Å². The maximum Gasteiger partial charge on any atom is 0.131 e. The van der Waals surface area contributed by atoms with E-state index in [1.807, 2.05) is 0 Å². The molecular weight excluding hydrogens is 196 g/mol. The maximum atomic E-state index is 10.3. The lowest BCUT2D eigenvalue weighted by molar-refractivity contribution is -0.108. The second kappa shape index (κ2) is 3.56. The van der Waals surface area contributed by atoms with Gasteiger partial charge < -0.3 is 9.21 Å². The molecule has 0 N–H and O–H groups in total. The van der Waals surface area contributed by atoms with Crippen LogP contribution < -0.4 is 0 Å². The monoisotopic (exact) mass is 202 g/mol. The summed E-state index contributed by atoms with van der Waals surface area (Å²) in [6.45, 7) is 0. The van der Waals surface area contributed by atoms with Crippen molar-refractivity contribution >= 4 is 22.2 Å². The number of hydrogen-bond donors (Lipinski definition) is 0. The van der Waals surface area contributed by atoms with E-state index in [0.29, 0.717) is 11.1 Å². The summed E-state index contributed by atoms with van der Waals surface area (Å²) in [5.74, 6) is 0.571. The molecule has 1 unspecified atom stereocenters. The molecular formula is C7H7BrO2. The van der Waals surface area contributed by atoms with E-state index in [4.69, 9.17) is 4.42 Å². The van der Waals surface area contributed by atoms with Gasteiger partial charge in [0.1, 0.15) is 12.0 Å². The topological polar surface area (TPSA) is 30.2 Å². The van der Waals surface area contributed by atoms with Gasteiger partial charge in [0.15, 0.2) is 0 Å². The van der Waals surface area contributed by atoms with Crippen LogP contribution in [-0.2, 0) is 4.79 Å². The zero-order valence-corrected chi connectivity index (χ0v) is 6.87. The number of furan rings is 1. The number of hydrogen-bond acceptors (Lipinski definition) is 2. The second-order valence-electron chi connectivity index (χ2n) is 1.91.